The van der Waals surface area contributed by atoms with Gasteiger partial charge in [-0.2, -0.15) is 0 Å². The number of nitrogens with one attached hydrogen (secondary N) is 2. The molecule has 0 bridgehead atoms. The summed E-state index contributed by atoms with van der Waals surface area (Å²) in [5.41, 5.74) is 5.70. The molecule has 16 heavy (non-hydrogen) atoms. The predicted molar refractivity (Wildman–Crippen MR) is 66.0 cm³/mol. The van der Waals surface area contributed by atoms with Crippen molar-refractivity contribution in [3.8, 4) is 0 Å². The van der Waals surface area contributed by atoms with Crippen molar-refractivity contribution in [1.29, 1.82) is 0 Å². The molecule has 0 aromatic heterocycles. The van der Waals surface area contributed by atoms with Gasteiger partial charge in [-0.25, -0.2) is 13.2 Å². The summed E-state index contributed by atoms with van der Waals surface area (Å²) in [5.74, 6) is 0. The molecule has 0 spiro atoms. The second-order valence-corrected chi connectivity index (χ2v) is 5.92. The normalized spacial score (nSPS) is 10.8. The average molecular weight is 308 g/mol. The van der Waals surface area contributed by atoms with Crippen LogP contribution in [-0.4, -0.2) is 19.1 Å². The summed E-state index contributed by atoms with van der Waals surface area (Å²) in [6.07, 6.45) is 0. The third-order valence-corrected chi connectivity index (χ3v) is 4.19. The molecule has 0 aliphatic heterocycles. The summed E-state index contributed by atoms with van der Waals surface area (Å²) < 4.78 is 24.6. The van der Waals surface area contributed by atoms with Crippen molar-refractivity contribution in [2.75, 3.05) is 14.7 Å². The minimum Gasteiger partial charge on any atom is -0.351 e. The van der Waals surface area contributed by atoms with Crippen molar-refractivity contribution in [1.82, 2.24) is 0 Å². The molecule has 0 radical (unpaired) electrons. The summed E-state index contributed by atoms with van der Waals surface area (Å²) >= 11 is 2.85. The van der Waals surface area contributed by atoms with Crippen LogP contribution in [0.15, 0.2) is 24.3 Å². The van der Waals surface area contributed by atoms with Crippen LogP contribution in [0, 0.1) is 0 Å². The molecule has 1 aromatic rings. The predicted octanol–water partition coefficient (Wildman–Crippen LogP) is 1.27. The van der Waals surface area contributed by atoms with Crippen molar-refractivity contribution < 1.29 is 13.2 Å². The summed E-state index contributed by atoms with van der Waals surface area (Å²) in [7, 11) is -3.40. The van der Waals surface area contributed by atoms with E-state index in [9.17, 15) is 13.2 Å². The number of sulfonamides is 1. The molecule has 0 aliphatic rings. The van der Waals surface area contributed by atoms with Crippen LogP contribution in [0.1, 0.15) is 0 Å². The molecular weight excluding hydrogens is 298 g/mol. The van der Waals surface area contributed by atoms with Crippen LogP contribution in [-0.2, 0) is 10.0 Å². The second-order valence-electron chi connectivity index (χ2n) is 2.90. The zero-order chi connectivity index (χ0) is 12.2. The average Bonchev–Trinajstić information content (AvgIpc) is 2.16. The van der Waals surface area contributed by atoms with Gasteiger partial charge in [-0.15, -0.1) is 0 Å². The fourth-order valence-corrected chi connectivity index (χ4v) is 1.89. The van der Waals surface area contributed by atoms with Gasteiger partial charge in [0, 0.05) is 5.69 Å². The maximum absolute atomic E-state index is 11.2. The Balaban J connectivity index is 2.87. The van der Waals surface area contributed by atoms with Gasteiger partial charge in [-0.1, -0.05) is 22.0 Å². The van der Waals surface area contributed by atoms with Gasteiger partial charge >= 0.3 is 6.03 Å². The van der Waals surface area contributed by atoms with Gasteiger partial charge in [-0.05, 0) is 18.2 Å². The van der Waals surface area contributed by atoms with Crippen molar-refractivity contribution in [3.63, 3.8) is 0 Å². The van der Waals surface area contributed by atoms with Crippen LogP contribution in [0.2, 0.25) is 0 Å². The van der Waals surface area contributed by atoms with Gasteiger partial charge in [0.25, 0.3) is 0 Å². The number of urea groups is 1. The molecular formula is C8H10BrN3O3S. The van der Waals surface area contributed by atoms with E-state index in [1.165, 1.54) is 6.07 Å². The molecule has 0 atom stereocenters. The van der Waals surface area contributed by atoms with E-state index in [-0.39, 0.29) is 4.66 Å². The number of primary amides is 1. The van der Waals surface area contributed by atoms with Crippen LogP contribution in [0.25, 0.3) is 0 Å². The molecule has 2 amide bonds. The number of hydrogen-bond donors (Lipinski definition) is 3. The van der Waals surface area contributed by atoms with E-state index in [0.717, 1.165) is 0 Å². The van der Waals surface area contributed by atoms with E-state index in [1.807, 2.05) is 0 Å². The Morgan fingerprint density at radius 3 is 2.56 bits per heavy atom. The summed E-state index contributed by atoms with van der Waals surface area (Å²) in [4.78, 5) is 10.6. The van der Waals surface area contributed by atoms with Crippen LogP contribution >= 0.6 is 15.9 Å². The topological polar surface area (TPSA) is 101 Å². The monoisotopic (exact) mass is 307 g/mol. The number of hydrogen-bond acceptors (Lipinski definition) is 3. The van der Waals surface area contributed by atoms with Crippen LogP contribution in [0.3, 0.4) is 0 Å². The maximum atomic E-state index is 11.2. The SMILES string of the molecule is NC(=O)Nc1cccc(NS(=O)(=O)CBr)c1. The van der Waals surface area contributed by atoms with E-state index in [4.69, 9.17) is 5.73 Å². The fourth-order valence-electron chi connectivity index (χ4n) is 1.01. The number of alkyl halides is 1. The molecule has 8 heteroatoms. The maximum Gasteiger partial charge on any atom is 0.316 e. The van der Waals surface area contributed by atoms with E-state index in [1.54, 1.807) is 18.2 Å². The van der Waals surface area contributed by atoms with Gasteiger partial charge < -0.3 is 11.1 Å². The van der Waals surface area contributed by atoms with Crippen LogP contribution < -0.4 is 15.8 Å². The number of carbonyl (C=O) groups is 1. The third-order valence-electron chi connectivity index (χ3n) is 1.55. The first-order valence-corrected chi connectivity index (χ1v) is 6.93. The molecule has 0 aliphatic carbocycles. The van der Waals surface area contributed by atoms with Crippen molar-refractivity contribution in [2.24, 2.45) is 5.73 Å². The second kappa shape index (κ2) is 5.17. The highest BCUT2D eigenvalue weighted by Gasteiger charge is 2.07. The van der Waals surface area contributed by atoms with E-state index >= 15 is 0 Å². The smallest absolute Gasteiger partial charge is 0.316 e. The fraction of sp³-hybridized carbons (Fsp3) is 0.125. The molecule has 1 aromatic carbocycles. The first-order valence-electron chi connectivity index (χ1n) is 4.16. The summed E-state index contributed by atoms with van der Waals surface area (Å²) in [5, 5.41) is 2.34. The number of amides is 2. The Hall–Kier alpha value is -1.28. The van der Waals surface area contributed by atoms with E-state index < -0.39 is 16.1 Å². The molecule has 4 N–H and O–H groups in total. The number of benzene rings is 1. The summed E-state index contributed by atoms with van der Waals surface area (Å²) in [6, 6.07) is 5.51. The van der Waals surface area contributed by atoms with E-state index in [0.29, 0.717) is 11.4 Å². The Morgan fingerprint density at radius 2 is 2.00 bits per heavy atom. The molecule has 0 saturated carbocycles. The molecule has 88 valence electrons. The largest absolute Gasteiger partial charge is 0.351 e. The Labute approximate surface area is 101 Å². The third kappa shape index (κ3) is 4.07. The van der Waals surface area contributed by atoms with Crippen molar-refractivity contribution in [2.45, 2.75) is 0 Å². The molecule has 0 fully saturated rings. The highest BCUT2D eigenvalue weighted by molar-refractivity contribution is 9.10. The Kier molecular flexibility index (Phi) is 4.13. The highest BCUT2D eigenvalue weighted by Crippen LogP contribution is 2.16. The Morgan fingerprint density at radius 1 is 1.38 bits per heavy atom. The van der Waals surface area contributed by atoms with Crippen LogP contribution in [0.5, 0.6) is 0 Å². The molecule has 0 saturated heterocycles. The van der Waals surface area contributed by atoms with Gasteiger partial charge in [0.1, 0.15) is 4.66 Å². The Bertz CT molecular complexity index is 489. The van der Waals surface area contributed by atoms with Gasteiger partial charge in [0.05, 0.1) is 5.69 Å². The minimum absolute atomic E-state index is 0.201. The standard InChI is InChI=1S/C8H10BrN3O3S/c9-5-16(14,15)12-7-3-1-2-6(4-7)11-8(10)13/h1-4,12H,5H2,(H3,10,11,13). The zero-order valence-electron chi connectivity index (χ0n) is 8.10. The van der Waals surface area contributed by atoms with Gasteiger partial charge in [0.2, 0.25) is 10.0 Å². The first kappa shape index (κ1) is 12.8. The lowest BCUT2D eigenvalue weighted by Crippen LogP contribution is -2.19. The lowest BCUT2D eigenvalue weighted by atomic mass is 10.3. The molecule has 1 rings (SSSR count). The molecule has 6 nitrogen and oxygen atoms in total. The number of carbonyl (C=O) groups excluding carboxylic acids is 1. The van der Waals surface area contributed by atoms with Gasteiger partial charge in [0.15, 0.2) is 0 Å². The van der Waals surface area contributed by atoms with E-state index in [2.05, 4.69) is 26.0 Å². The number of rotatable bonds is 4. The number of anilines is 2. The number of nitrogens with two attached hydrogens (primary N) is 1. The van der Waals surface area contributed by atoms with Crippen molar-refractivity contribution >= 4 is 43.4 Å². The molecule has 0 unspecified atom stereocenters. The van der Waals surface area contributed by atoms with Crippen LogP contribution in [0.4, 0.5) is 16.2 Å². The summed E-state index contributed by atoms with van der Waals surface area (Å²) in [6.45, 7) is 0. The lowest BCUT2D eigenvalue weighted by molar-refractivity contribution is 0.259. The quantitative estimate of drug-likeness (QED) is 0.730. The highest BCUT2D eigenvalue weighted by atomic mass is 79.9. The van der Waals surface area contributed by atoms with Crippen molar-refractivity contribution in [3.05, 3.63) is 24.3 Å². The number of halogens is 1. The zero-order valence-corrected chi connectivity index (χ0v) is 10.5. The molecule has 0 heterocycles. The van der Waals surface area contributed by atoms with Gasteiger partial charge in [-0.3, -0.25) is 4.72 Å². The lowest BCUT2D eigenvalue weighted by Gasteiger charge is -2.07. The minimum atomic E-state index is -3.40. The first-order chi connectivity index (χ1) is 7.43.